The van der Waals surface area contributed by atoms with Crippen LogP contribution in [-0.4, -0.2) is 16.2 Å². The molecule has 0 saturated heterocycles. The minimum atomic E-state index is -1.42. The van der Waals surface area contributed by atoms with E-state index in [2.05, 4.69) is 10.5 Å². The first-order valence-corrected chi connectivity index (χ1v) is 8.13. The lowest BCUT2D eigenvalue weighted by atomic mass is 9.80. The SMILES string of the molecule is Cc1noc(C)c1-c1ccc2c(c1)C(O)(C1CCCC1)C(=O)N2. The predicted molar refractivity (Wildman–Crippen MR) is 85.9 cm³/mol. The first kappa shape index (κ1) is 14.5. The van der Waals surface area contributed by atoms with Crippen LogP contribution in [0.3, 0.4) is 0 Å². The Balaban J connectivity index is 1.85. The minimum absolute atomic E-state index is 0.0105. The van der Waals surface area contributed by atoms with Gasteiger partial charge >= 0.3 is 0 Å². The van der Waals surface area contributed by atoms with Crippen molar-refractivity contribution in [1.29, 1.82) is 0 Å². The quantitative estimate of drug-likeness (QED) is 0.892. The average Bonchev–Trinajstić information content (AvgIpc) is 3.22. The number of nitrogens with zero attached hydrogens (tertiary/aromatic N) is 1. The number of carbonyl (C=O) groups is 1. The number of aryl methyl sites for hydroxylation is 2. The number of nitrogens with one attached hydrogen (secondary N) is 1. The van der Waals surface area contributed by atoms with E-state index >= 15 is 0 Å². The Morgan fingerprint density at radius 1 is 1.30 bits per heavy atom. The van der Waals surface area contributed by atoms with Crippen molar-refractivity contribution < 1.29 is 14.4 Å². The molecule has 1 aliphatic heterocycles. The molecule has 0 spiro atoms. The maximum Gasteiger partial charge on any atom is 0.261 e. The number of aromatic nitrogens is 1. The number of hydrogen-bond donors (Lipinski definition) is 2. The second-order valence-corrected chi connectivity index (χ2v) is 6.66. The summed E-state index contributed by atoms with van der Waals surface area (Å²) in [5.41, 5.74) is 2.64. The number of aliphatic hydroxyl groups is 1. The molecule has 2 N–H and O–H groups in total. The van der Waals surface area contributed by atoms with Crippen LogP contribution in [0.1, 0.15) is 42.7 Å². The van der Waals surface area contributed by atoms with E-state index in [1.54, 1.807) is 0 Å². The van der Waals surface area contributed by atoms with Crippen LogP contribution in [0.4, 0.5) is 5.69 Å². The molecule has 1 amide bonds. The summed E-state index contributed by atoms with van der Waals surface area (Å²) in [4.78, 5) is 12.5. The van der Waals surface area contributed by atoms with Crippen molar-refractivity contribution in [2.45, 2.75) is 45.1 Å². The third-order valence-corrected chi connectivity index (χ3v) is 5.29. The highest BCUT2D eigenvalue weighted by atomic mass is 16.5. The molecule has 0 bridgehead atoms. The molecule has 1 fully saturated rings. The lowest BCUT2D eigenvalue weighted by Crippen LogP contribution is -2.40. The number of fused-ring (bicyclic) bond motifs is 1. The fourth-order valence-corrected chi connectivity index (χ4v) is 4.11. The van der Waals surface area contributed by atoms with Crippen LogP contribution < -0.4 is 5.32 Å². The maximum atomic E-state index is 12.5. The molecule has 1 aromatic heterocycles. The van der Waals surface area contributed by atoms with Crippen LogP contribution in [0.15, 0.2) is 22.7 Å². The second kappa shape index (κ2) is 4.93. The molecule has 5 nitrogen and oxygen atoms in total. The number of amides is 1. The van der Waals surface area contributed by atoms with Gasteiger partial charge in [0.1, 0.15) is 5.76 Å². The molecule has 1 aromatic carbocycles. The standard InChI is InChI=1S/C18H20N2O3/c1-10-16(11(2)23-20-10)12-7-8-15-14(9-12)18(22,17(21)19-15)13-5-3-4-6-13/h7-9,13,22H,3-6H2,1-2H3,(H,19,21). The molecule has 2 aliphatic rings. The topological polar surface area (TPSA) is 75.4 Å². The van der Waals surface area contributed by atoms with E-state index in [0.717, 1.165) is 48.3 Å². The molecule has 1 saturated carbocycles. The van der Waals surface area contributed by atoms with Gasteiger partial charge in [0.05, 0.1) is 5.69 Å². The zero-order chi connectivity index (χ0) is 16.2. The van der Waals surface area contributed by atoms with Gasteiger partial charge < -0.3 is 14.9 Å². The summed E-state index contributed by atoms with van der Waals surface area (Å²) in [6.07, 6.45) is 3.91. The molecule has 2 aromatic rings. The highest BCUT2D eigenvalue weighted by molar-refractivity contribution is 6.05. The van der Waals surface area contributed by atoms with Crippen LogP contribution >= 0.6 is 0 Å². The predicted octanol–water partition coefficient (Wildman–Crippen LogP) is 3.29. The van der Waals surface area contributed by atoms with Gasteiger partial charge in [-0.3, -0.25) is 4.79 Å². The number of rotatable bonds is 2. The van der Waals surface area contributed by atoms with Crippen molar-refractivity contribution in [3.63, 3.8) is 0 Å². The van der Waals surface area contributed by atoms with Gasteiger partial charge in [-0.05, 0) is 44.4 Å². The van der Waals surface area contributed by atoms with E-state index < -0.39 is 5.60 Å². The van der Waals surface area contributed by atoms with E-state index in [0.29, 0.717) is 11.3 Å². The van der Waals surface area contributed by atoms with Crippen molar-refractivity contribution in [1.82, 2.24) is 5.16 Å². The molecular weight excluding hydrogens is 292 g/mol. The summed E-state index contributed by atoms with van der Waals surface area (Å²) in [5.74, 6) is 0.433. The molecule has 2 heterocycles. The Morgan fingerprint density at radius 3 is 2.70 bits per heavy atom. The molecule has 1 atom stereocenters. The van der Waals surface area contributed by atoms with Crippen LogP contribution in [-0.2, 0) is 10.4 Å². The smallest absolute Gasteiger partial charge is 0.261 e. The average molecular weight is 312 g/mol. The van der Waals surface area contributed by atoms with E-state index in [-0.39, 0.29) is 11.8 Å². The lowest BCUT2D eigenvalue weighted by Gasteiger charge is -2.28. The molecule has 1 aliphatic carbocycles. The minimum Gasteiger partial charge on any atom is -0.375 e. The Bertz CT molecular complexity index is 770. The van der Waals surface area contributed by atoms with Crippen LogP contribution in [0.2, 0.25) is 0 Å². The number of carbonyl (C=O) groups excluding carboxylic acids is 1. The molecule has 23 heavy (non-hydrogen) atoms. The van der Waals surface area contributed by atoms with Gasteiger partial charge in [-0.1, -0.05) is 24.1 Å². The Kier molecular flexibility index (Phi) is 3.10. The van der Waals surface area contributed by atoms with Gasteiger partial charge in [0.15, 0.2) is 5.60 Å². The zero-order valence-electron chi connectivity index (χ0n) is 13.3. The third kappa shape index (κ3) is 1.96. The van der Waals surface area contributed by atoms with Gasteiger partial charge in [-0.2, -0.15) is 0 Å². The summed E-state index contributed by atoms with van der Waals surface area (Å²) in [6, 6.07) is 5.71. The first-order valence-electron chi connectivity index (χ1n) is 8.13. The summed E-state index contributed by atoms with van der Waals surface area (Å²) in [6.45, 7) is 3.76. The molecular formula is C18H20N2O3. The van der Waals surface area contributed by atoms with Gasteiger partial charge in [0, 0.05) is 22.7 Å². The van der Waals surface area contributed by atoms with E-state index in [1.807, 2.05) is 32.0 Å². The third-order valence-electron chi connectivity index (χ3n) is 5.29. The van der Waals surface area contributed by atoms with E-state index in [4.69, 9.17) is 4.52 Å². The fraction of sp³-hybridized carbons (Fsp3) is 0.444. The Hall–Kier alpha value is -2.14. The number of benzene rings is 1. The molecule has 0 radical (unpaired) electrons. The number of anilines is 1. The van der Waals surface area contributed by atoms with Crippen molar-refractivity contribution in [3.8, 4) is 11.1 Å². The van der Waals surface area contributed by atoms with Gasteiger partial charge in [-0.25, -0.2) is 0 Å². The van der Waals surface area contributed by atoms with Crippen molar-refractivity contribution >= 4 is 11.6 Å². The van der Waals surface area contributed by atoms with Crippen LogP contribution in [0, 0.1) is 19.8 Å². The van der Waals surface area contributed by atoms with Gasteiger partial charge in [0.25, 0.3) is 5.91 Å². The molecule has 1 unspecified atom stereocenters. The van der Waals surface area contributed by atoms with Crippen molar-refractivity contribution in [2.75, 3.05) is 5.32 Å². The van der Waals surface area contributed by atoms with E-state index in [1.165, 1.54) is 0 Å². The zero-order valence-corrected chi connectivity index (χ0v) is 13.3. The van der Waals surface area contributed by atoms with Crippen LogP contribution in [0.25, 0.3) is 11.1 Å². The summed E-state index contributed by atoms with van der Waals surface area (Å²) >= 11 is 0. The summed E-state index contributed by atoms with van der Waals surface area (Å²) in [7, 11) is 0. The van der Waals surface area contributed by atoms with Crippen molar-refractivity contribution in [3.05, 3.63) is 35.2 Å². The highest BCUT2D eigenvalue weighted by Gasteiger charge is 2.51. The molecule has 4 rings (SSSR count). The van der Waals surface area contributed by atoms with Gasteiger partial charge in [0.2, 0.25) is 0 Å². The molecule has 5 heteroatoms. The lowest BCUT2D eigenvalue weighted by molar-refractivity contribution is -0.139. The Morgan fingerprint density at radius 2 is 2.04 bits per heavy atom. The van der Waals surface area contributed by atoms with E-state index in [9.17, 15) is 9.90 Å². The monoisotopic (exact) mass is 312 g/mol. The normalized spacial score (nSPS) is 24.0. The summed E-state index contributed by atoms with van der Waals surface area (Å²) in [5, 5.41) is 18.1. The molecule has 120 valence electrons. The highest BCUT2D eigenvalue weighted by Crippen LogP contribution is 2.48. The summed E-state index contributed by atoms with van der Waals surface area (Å²) < 4.78 is 5.25. The van der Waals surface area contributed by atoms with Crippen LogP contribution in [0.5, 0.6) is 0 Å². The Labute approximate surface area is 134 Å². The largest absolute Gasteiger partial charge is 0.375 e. The van der Waals surface area contributed by atoms with Gasteiger partial charge in [-0.15, -0.1) is 0 Å². The maximum absolute atomic E-state index is 12.5. The van der Waals surface area contributed by atoms with Crippen molar-refractivity contribution in [2.24, 2.45) is 5.92 Å². The second-order valence-electron chi connectivity index (χ2n) is 6.66. The first-order chi connectivity index (χ1) is 11.0. The fourth-order valence-electron chi connectivity index (χ4n) is 4.11. The number of hydrogen-bond acceptors (Lipinski definition) is 4.